The molecule has 5 aliphatic rings. The topological polar surface area (TPSA) is 26.3 Å². The first-order chi connectivity index (χ1) is 6.33. The van der Waals surface area contributed by atoms with E-state index >= 15 is 0 Å². The monoisotopic (exact) mass is 178 g/mol. The van der Waals surface area contributed by atoms with Gasteiger partial charge in [0.2, 0.25) is 0 Å². The van der Waals surface area contributed by atoms with E-state index in [0.717, 1.165) is 41.9 Å². The largest absolute Gasteiger partial charge is 0.469 e. The van der Waals surface area contributed by atoms with Crippen LogP contribution in [0.5, 0.6) is 0 Å². The van der Waals surface area contributed by atoms with E-state index in [2.05, 4.69) is 0 Å². The lowest BCUT2D eigenvalue weighted by molar-refractivity contribution is -0.147. The minimum Gasteiger partial charge on any atom is -0.469 e. The molecule has 0 aromatic carbocycles. The van der Waals surface area contributed by atoms with Crippen LogP contribution in [-0.4, -0.2) is 13.1 Å². The first-order valence-corrected chi connectivity index (χ1v) is 5.40. The molecule has 0 radical (unpaired) electrons. The molecule has 70 valence electrons. The molecule has 0 saturated heterocycles. The van der Waals surface area contributed by atoms with Gasteiger partial charge >= 0.3 is 5.97 Å². The number of esters is 1. The molecule has 13 heavy (non-hydrogen) atoms. The Morgan fingerprint density at radius 3 is 2.38 bits per heavy atom. The van der Waals surface area contributed by atoms with Crippen LogP contribution >= 0.6 is 0 Å². The van der Waals surface area contributed by atoms with Gasteiger partial charge in [0.15, 0.2) is 0 Å². The Balaban J connectivity index is 1.70. The number of hydrogen-bond acceptors (Lipinski definition) is 2. The van der Waals surface area contributed by atoms with Crippen LogP contribution in [0.2, 0.25) is 0 Å². The maximum absolute atomic E-state index is 11.5. The van der Waals surface area contributed by atoms with Crippen molar-refractivity contribution in [2.24, 2.45) is 41.4 Å². The van der Waals surface area contributed by atoms with E-state index in [4.69, 9.17) is 4.74 Å². The van der Waals surface area contributed by atoms with E-state index in [0.29, 0.717) is 0 Å². The van der Waals surface area contributed by atoms with Gasteiger partial charge in [0, 0.05) is 0 Å². The molecule has 5 aliphatic carbocycles. The Labute approximate surface area is 77.6 Å². The molecule has 0 amide bonds. The molecule has 0 spiro atoms. The van der Waals surface area contributed by atoms with E-state index in [1.54, 1.807) is 0 Å². The lowest BCUT2D eigenvalue weighted by atomic mass is 9.88. The molecule has 2 nitrogen and oxygen atoms in total. The van der Waals surface area contributed by atoms with Gasteiger partial charge in [-0.25, -0.2) is 0 Å². The predicted octanol–water partition coefficient (Wildman–Crippen LogP) is 1.31. The van der Waals surface area contributed by atoms with Crippen molar-refractivity contribution in [3.8, 4) is 0 Å². The predicted molar refractivity (Wildman–Crippen MR) is 45.7 cm³/mol. The van der Waals surface area contributed by atoms with Crippen LogP contribution in [-0.2, 0) is 9.53 Å². The minimum absolute atomic E-state index is 0.0727. The van der Waals surface area contributed by atoms with E-state index < -0.39 is 0 Å². The smallest absolute Gasteiger partial charge is 0.308 e. The average Bonchev–Trinajstić information content (AvgIpc) is 2.59. The molecule has 0 aliphatic heterocycles. The number of hydrogen-bond donors (Lipinski definition) is 0. The molecule has 0 heterocycles. The van der Waals surface area contributed by atoms with Crippen molar-refractivity contribution in [1.29, 1.82) is 0 Å². The van der Waals surface area contributed by atoms with Gasteiger partial charge in [-0.2, -0.15) is 0 Å². The molecule has 0 aromatic rings. The maximum atomic E-state index is 11.5. The Kier molecular flexibility index (Phi) is 0.946. The van der Waals surface area contributed by atoms with Crippen molar-refractivity contribution in [3.05, 3.63) is 0 Å². The van der Waals surface area contributed by atoms with Gasteiger partial charge in [0.1, 0.15) is 0 Å². The highest BCUT2D eigenvalue weighted by atomic mass is 16.5. The van der Waals surface area contributed by atoms with Crippen molar-refractivity contribution in [2.45, 2.75) is 12.8 Å². The third-order valence-electron chi connectivity index (χ3n) is 5.31. The van der Waals surface area contributed by atoms with Gasteiger partial charge in [-0.05, 0) is 48.3 Å². The highest BCUT2D eigenvalue weighted by Gasteiger charge is 2.78. The number of carbonyl (C=O) groups is 1. The van der Waals surface area contributed by atoms with E-state index in [1.165, 1.54) is 13.5 Å². The normalized spacial score (nSPS) is 64.2. The lowest BCUT2D eigenvalue weighted by Gasteiger charge is -2.18. The molecular weight excluding hydrogens is 164 g/mol. The highest BCUT2D eigenvalue weighted by molar-refractivity contribution is 5.74. The number of methoxy groups -OCH3 is 1. The standard InChI is InChI=1S/C11H14O2/c1-13-11(12)7-3-5-4-2-6-8(5)10(6)9(4)7/h4-10H,2-3H2,1H3/t4-,5-,6+,7+,8+,9-,10+/m1/s1. The number of ether oxygens (including phenoxy) is 1. The summed E-state index contributed by atoms with van der Waals surface area (Å²) in [6.07, 6.45) is 2.60. The molecule has 2 heteroatoms. The summed E-state index contributed by atoms with van der Waals surface area (Å²) in [6.45, 7) is 0. The summed E-state index contributed by atoms with van der Waals surface area (Å²) in [4.78, 5) is 11.5. The highest BCUT2D eigenvalue weighted by Crippen LogP contribution is 2.82. The van der Waals surface area contributed by atoms with Crippen molar-refractivity contribution < 1.29 is 9.53 Å². The molecule has 6 bridgehead atoms. The zero-order chi connectivity index (χ0) is 8.74. The van der Waals surface area contributed by atoms with Crippen molar-refractivity contribution >= 4 is 5.97 Å². The van der Waals surface area contributed by atoms with Gasteiger partial charge in [0.05, 0.1) is 13.0 Å². The Hall–Kier alpha value is -0.530. The second-order valence-corrected chi connectivity index (χ2v) is 5.32. The average molecular weight is 178 g/mol. The maximum Gasteiger partial charge on any atom is 0.308 e. The molecule has 5 saturated carbocycles. The summed E-state index contributed by atoms with van der Waals surface area (Å²) in [6, 6.07) is 0. The van der Waals surface area contributed by atoms with E-state index in [-0.39, 0.29) is 11.9 Å². The number of carbonyl (C=O) groups excluding carboxylic acids is 1. The second kappa shape index (κ2) is 1.79. The molecule has 5 rings (SSSR count). The zero-order valence-electron chi connectivity index (χ0n) is 7.77. The molecule has 5 fully saturated rings. The number of rotatable bonds is 1. The van der Waals surface area contributed by atoms with Crippen LogP contribution < -0.4 is 0 Å². The second-order valence-electron chi connectivity index (χ2n) is 5.32. The van der Waals surface area contributed by atoms with E-state index in [1.807, 2.05) is 0 Å². The molecule has 0 aromatic heterocycles. The summed E-state index contributed by atoms with van der Waals surface area (Å²) >= 11 is 0. The molecule has 7 atom stereocenters. The fourth-order valence-corrected chi connectivity index (χ4v) is 5.14. The summed E-state index contributed by atoms with van der Waals surface area (Å²) in [5.41, 5.74) is 0. The van der Waals surface area contributed by atoms with Crippen molar-refractivity contribution in [2.75, 3.05) is 7.11 Å². The summed E-state index contributed by atoms with van der Waals surface area (Å²) in [7, 11) is 1.53. The van der Waals surface area contributed by atoms with Crippen LogP contribution in [0, 0.1) is 41.4 Å². The summed E-state index contributed by atoms with van der Waals surface area (Å²) in [5, 5.41) is 0. The lowest BCUT2D eigenvalue weighted by Crippen LogP contribution is -2.24. The van der Waals surface area contributed by atoms with Crippen LogP contribution in [0.3, 0.4) is 0 Å². The summed E-state index contributed by atoms with van der Waals surface area (Å²) in [5.74, 6) is 5.98. The molecule has 0 unspecified atom stereocenters. The van der Waals surface area contributed by atoms with Gasteiger partial charge in [-0.1, -0.05) is 0 Å². The van der Waals surface area contributed by atoms with Gasteiger partial charge in [-0.15, -0.1) is 0 Å². The molecule has 0 N–H and O–H groups in total. The fourth-order valence-electron chi connectivity index (χ4n) is 5.14. The van der Waals surface area contributed by atoms with Gasteiger partial charge in [-0.3, -0.25) is 4.79 Å². The molecular formula is C11H14O2. The van der Waals surface area contributed by atoms with Gasteiger partial charge < -0.3 is 4.74 Å². The third-order valence-corrected chi connectivity index (χ3v) is 5.31. The van der Waals surface area contributed by atoms with E-state index in [9.17, 15) is 4.79 Å². The Morgan fingerprint density at radius 1 is 1.08 bits per heavy atom. The first kappa shape index (κ1) is 6.86. The van der Waals surface area contributed by atoms with Crippen LogP contribution in [0.1, 0.15) is 12.8 Å². The Morgan fingerprint density at radius 2 is 1.85 bits per heavy atom. The summed E-state index contributed by atoms with van der Waals surface area (Å²) < 4.78 is 4.88. The third kappa shape index (κ3) is 0.544. The fraction of sp³-hybridized carbons (Fsp3) is 0.909. The Bertz CT molecular complexity index is 298. The zero-order valence-corrected chi connectivity index (χ0v) is 7.77. The SMILES string of the molecule is COC(=O)[C@H]1C[C@@H]2[C@H]3C[C@H]4[C@H]2[C@H]4[C@H]31. The van der Waals surface area contributed by atoms with Crippen LogP contribution in [0.25, 0.3) is 0 Å². The minimum atomic E-state index is 0.0727. The van der Waals surface area contributed by atoms with Crippen molar-refractivity contribution in [1.82, 2.24) is 0 Å². The van der Waals surface area contributed by atoms with Crippen molar-refractivity contribution in [3.63, 3.8) is 0 Å². The van der Waals surface area contributed by atoms with Crippen LogP contribution in [0.15, 0.2) is 0 Å². The van der Waals surface area contributed by atoms with Gasteiger partial charge in [0.25, 0.3) is 0 Å². The van der Waals surface area contributed by atoms with Crippen LogP contribution in [0.4, 0.5) is 0 Å². The quantitative estimate of drug-likeness (QED) is 0.566. The first-order valence-electron chi connectivity index (χ1n) is 5.40.